The molecule has 2 aromatic carbocycles. The molecule has 74 valence electrons. The van der Waals surface area contributed by atoms with Crippen LogP contribution in [0.3, 0.4) is 0 Å². The van der Waals surface area contributed by atoms with E-state index in [4.69, 9.17) is 11.6 Å². The smallest absolute Gasteiger partial charge is 0.00486 e. The molecule has 0 saturated carbocycles. The minimum absolute atomic E-state index is 1.14. The van der Waals surface area contributed by atoms with Crippen LogP contribution in [0.2, 0.25) is 0 Å². The molecular formula is C14H11Cl. The molecule has 0 radical (unpaired) electrons. The minimum atomic E-state index is 1.14. The Hall–Kier alpha value is -1.53. The Morgan fingerprint density at radius 1 is 0.800 bits per heavy atom. The van der Waals surface area contributed by atoms with Gasteiger partial charge in [-0.3, -0.25) is 0 Å². The zero-order chi connectivity index (χ0) is 10.5. The van der Waals surface area contributed by atoms with E-state index >= 15 is 0 Å². The van der Waals surface area contributed by atoms with Crippen molar-refractivity contribution in [3.63, 3.8) is 0 Å². The van der Waals surface area contributed by atoms with E-state index in [1.165, 1.54) is 11.1 Å². The molecule has 0 amide bonds. The van der Waals surface area contributed by atoms with Gasteiger partial charge in [-0.25, -0.2) is 0 Å². The van der Waals surface area contributed by atoms with E-state index in [0.717, 1.165) is 5.56 Å². The Balaban J connectivity index is 2.53. The SMILES string of the molecule is ClC=Cc1ccccc1-c1ccccc1. The van der Waals surface area contributed by atoms with Crippen LogP contribution in [0.5, 0.6) is 0 Å². The second kappa shape index (κ2) is 4.81. The summed E-state index contributed by atoms with van der Waals surface area (Å²) in [6, 6.07) is 18.5. The molecular weight excluding hydrogens is 204 g/mol. The van der Waals surface area contributed by atoms with E-state index in [0.29, 0.717) is 0 Å². The molecule has 2 aromatic rings. The first-order chi connectivity index (χ1) is 7.42. The van der Waals surface area contributed by atoms with Crippen LogP contribution in [0.1, 0.15) is 5.56 Å². The monoisotopic (exact) mass is 214 g/mol. The molecule has 15 heavy (non-hydrogen) atoms. The Labute approximate surface area is 94.8 Å². The third-order valence-corrected chi connectivity index (χ3v) is 2.41. The highest BCUT2D eigenvalue weighted by Gasteiger charge is 2.00. The largest absolute Gasteiger partial charge is 0.0929 e. The Bertz CT molecular complexity index is 458. The average Bonchev–Trinajstić information content (AvgIpc) is 2.31. The summed E-state index contributed by atoms with van der Waals surface area (Å²) in [5.41, 5.74) is 5.10. The van der Waals surface area contributed by atoms with Crippen LogP contribution in [-0.2, 0) is 0 Å². The highest BCUT2D eigenvalue weighted by atomic mass is 35.5. The molecule has 0 spiro atoms. The normalized spacial score (nSPS) is 10.7. The molecule has 0 unspecified atom stereocenters. The Morgan fingerprint density at radius 3 is 2.20 bits per heavy atom. The highest BCUT2D eigenvalue weighted by molar-refractivity contribution is 6.27. The fourth-order valence-corrected chi connectivity index (χ4v) is 1.73. The molecule has 0 N–H and O–H groups in total. The van der Waals surface area contributed by atoms with Gasteiger partial charge < -0.3 is 0 Å². The van der Waals surface area contributed by atoms with Crippen molar-refractivity contribution in [2.24, 2.45) is 0 Å². The van der Waals surface area contributed by atoms with Gasteiger partial charge in [-0.05, 0) is 22.8 Å². The third kappa shape index (κ3) is 2.28. The maximum absolute atomic E-state index is 5.61. The molecule has 0 aliphatic carbocycles. The van der Waals surface area contributed by atoms with E-state index in [1.807, 2.05) is 36.4 Å². The van der Waals surface area contributed by atoms with E-state index in [2.05, 4.69) is 24.3 Å². The van der Waals surface area contributed by atoms with Crippen molar-refractivity contribution in [1.82, 2.24) is 0 Å². The lowest BCUT2D eigenvalue weighted by atomic mass is 10.00. The fourth-order valence-electron chi connectivity index (χ4n) is 1.59. The van der Waals surface area contributed by atoms with Crippen molar-refractivity contribution in [1.29, 1.82) is 0 Å². The second-order valence-corrected chi connectivity index (χ2v) is 3.50. The summed E-state index contributed by atoms with van der Waals surface area (Å²) in [5.74, 6) is 0. The van der Waals surface area contributed by atoms with Crippen molar-refractivity contribution in [3.8, 4) is 11.1 Å². The molecule has 0 saturated heterocycles. The molecule has 0 aromatic heterocycles. The van der Waals surface area contributed by atoms with E-state index in [9.17, 15) is 0 Å². The minimum Gasteiger partial charge on any atom is -0.0929 e. The first-order valence-corrected chi connectivity index (χ1v) is 5.26. The second-order valence-electron chi connectivity index (χ2n) is 3.25. The molecule has 0 fully saturated rings. The van der Waals surface area contributed by atoms with Gasteiger partial charge in [0.2, 0.25) is 0 Å². The predicted octanol–water partition coefficient (Wildman–Crippen LogP) is 4.56. The van der Waals surface area contributed by atoms with Crippen molar-refractivity contribution < 1.29 is 0 Å². The molecule has 0 aliphatic rings. The summed E-state index contributed by atoms with van der Waals surface area (Å²) in [6.07, 6.45) is 1.91. The van der Waals surface area contributed by atoms with Gasteiger partial charge in [0.15, 0.2) is 0 Å². The number of hydrogen-bond donors (Lipinski definition) is 0. The molecule has 0 atom stereocenters. The number of halogens is 1. The van der Waals surface area contributed by atoms with E-state index in [1.54, 1.807) is 5.54 Å². The van der Waals surface area contributed by atoms with E-state index < -0.39 is 0 Å². The Kier molecular flexibility index (Phi) is 3.21. The standard InChI is InChI=1S/C14H11Cl/c15-11-10-13-8-4-5-9-14(13)12-6-2-1-3-7-12/h1-11H. The molecule has 0 heterocycles. The van der Waals surface area contributed by atoms with Crippen molar-refractivity contribution in [2.75, 3.05) is 0 Å². The molecule has 2 rings (SSSR count). The summed E-state index contributed by atoms with van der Waals surface area (Å²) in [6.45, 7) is 0. The summed E-state index contributed by atoms with van der Waals surface area (Å²) in [7, 11) is 0. The van der Waals surface area contributed by atoms with Crippen LogP contribution >= 0.6 is 11.6 Å². The average molecular weight is 215 g/mol. The summed E-state index contributed by atoms with van der Waals surface area (Å²) >= 11 is 5.61. The first-order valence-electron chi connectivity index (χ1n) is 4.83. The van der Waals surface area contributed by atoms with Crippen LogP contribution in [0.4, 0.5) is 0 Å². The van der Waals surface area contributed by atoms with Crippen LogP contribution in [0.25, 0.3) is 17.2 Å². The first kappa shape index (κ1) is 10.0. The van der Waals surface area contributed by atoms with Gasteiger partial charge in [-0.1, -0.05) is 66.2 Å². The van der Waals surface area contributed by atoms with Crippen LogP contribution in [-0.4, -0.2) is 0 Å². The fraction of sp³-hybridized carbons (Fsp3) is 0. The lowest BCUT2D eigenvalue weighted by Crippen LogP contribution is -1.81. The zero-order valence-corrected chi connectivity index (χ0v) is 8.98. The number of hydrogen-bond acceptors (Lipinski definition) is 0. The van der Waals surface area contributed by atoms with Gasteiger partial charge >= 0.3 is 0 Å². The number of benzene rings is 2. The summed E-state index contributed by atoms with van der Waals surface area (Å²) in [5, 5.41) is 0. The third-order valence-electron chi connectivity index (χ3n) is 2.29. The topological polar surface area (TPSA) is 0 Å². The van der Waals surface area contributed by atoms with Crippen LogP contribution in [0.15, 0.2) is 60.1 Å². The highest BCUT2D eigenvalue weighted by Crippen LogP contribution is 2.24. The lowest BCUT2D eigenvalue weighted by Gasteiger charge is -2.05. The predicted molar refractivity (Wildman–Crippen MR) is 66.8 cm³/mol. The molecule has 0 bridgehead atoms. The summed E-state index contributed by atoms with van der Waals surface area (Å²) < 4.78 is 0. The van der Waals surface area contributed by atoms with E-state index in [-0.39, 0.29) is 0 Å². The van der Waals surface area contributed by atoms with Gasteiger partial charge in [0.25, 0.3) is 0 Å². The molecule has 0 aliphatic heterocycles. The maximum Gasteiger partial charge on any atom is 0.00486 e. The maximum atomic E-state index is 5.61. The van der Waals surface area contributed by atoms with Crippen molar-refractivity contribution >= 4 is 17.7 Å². The Morgan fingerprint density at radius 2 is 1.47 bits per heavy atom. The van der Waals surface area contributed by atoms with Crippen LogP contribution < -0.4 is 0 Å². The summed E-state index contributed by atoms with van der Waals surface area (Å²) in [4.78, 5) is 0. The van der Waals surface area contributed by atoms with Gasteiger partial charge in [0.05, 0.1) is 0 Å². The van der Waals surface area contributed by atoms with Gasteiger partial charge in [0, 0.05) is 5.54 Å². The van der Waals surface area contributed by atoms with Crippen LogP contribution in [0, 0.1) is 0 Å². The van der Waals surface area contributed by atoms with Crippen molar-refractivity contribution in [3.05, 3.63) is 65.7 Å². The van der Waals surface area contributed by atoms with Crippen molar-refractivity contribution in [2.45, 2.75) is 0 Å². The van der Waals surface area contributed by atoms with Gasteiger partial charge in [0.1, 0.15) is 0 Å². The van der Waals surface area contributed by atoms with Gasteiger partial charge in [-0.2, -0.15) is 0 Å². The lowest BCUT2D eigenvalue weighted by molar-refractivity contribution is 1.59. The molecule has 0 nitrogen and oxygen atoms in total. The molecule has 1 heteroatoms. The van der Waals surface area contributed by atoms with Gasteiger partial charge in [-0.15, -0.1) is 0 Å². The quantitative estimate of drug-likeness (QED) is 0.688. The number of rotatable bonds is 2. The zero-order valence-electron chi connectivity index (χ0n) is 8.23.